The van der Waals surface area contributed by atoms with Crippen LogP contribution in [0.25, 0.3) is 0 Å². The van der Waals surface area contributed by atoms with Crippen molar-refractivity contribution >= 4 is 11.9 Å². The molecule has 0 aromatic heterocycles. The number of hydrogen-bond acceptors (Lipinski definition) is 7. The maximum atomic E-state index is 11.0. The highest BCUT2D eigenvalue weighted by molar-refractivity contribution is 5.69. The second-order valence-corrected chi connectivity index (χ2v) is 4.02. The van der Waals surface area contributed by atoms with Crippen LogP contribution in [0, 0.1) is 0 Å². The van der Waals surface area contributed by atoms with Gasteiger partial charge in [-0.05, 0) is 13.8 Å². The van der Waals surface area contributed by atoms with Crippen LogP contribution in [-0.4, -0.2) is 57.6 Å². The Morgan fingerprint density at radius 2 is 1.30 bits per heavy atom. The molecule has 0 rings (SSSR count). The minimum Gasteiger partial charge on any atom is -0.466 e. The molecule has 7 heteroatoms. The van der Waals surface area contributed by atoms with Crippen molar-refractivity contribution in [2.75, 3.05) is 39.6 Å². The standard InChI is InChI=1S/C13H25NO6/c1-3-19-12(15)5-7-17-9-11(14)10-18-8-6-13(16)20-4-2/h11H,3-10,14H2,1-2H3. The van der Waals surface area contributed by atoms with Gasteiger partial charge in [0.25, 0.3) is 0 Å². The Morgan fingerprint density at radius 1 is 0.900 bits per heavy atom. The molecular weight excluding hydrogens is 266 g/mol. The van der Waals surface area contributed by atoms with Gasteiger partial charge in [0.05, 0.1) is 58.5 Å². The number of esters is 2. The SMILES string of the molecule is CCOC(=O)CCOCC(N)COCCC(=O)OCC. The first kappa shape index (κ1) is 18.8. The van der Waals surface area contributed by atoms with Gasteiger partial charge in [0.2, 0.25) is 0 Å². The Kier molecular flexibility index (Phi) is 12.1. The Balaban J connectivity index is 3.39. The molecule has 0 aromatic carbocycles. The summed E-state index contributed by atoms with van der Waals surface area (Å²) >= 11 is 0. The molecule has 0 radical (unpaired) electrons. The number of carbonyl (C=O) groups excluding carboxylic acids is 2. The Bertz CT molecular complexity index is 246. The molecule has 0 atom stereocenters. The first-order chi connectivity index (χ1) is 9.60. The molecule has 0 bridgehead atoms. The van der Waals surface area contributed by atoms with Crippen LogP contribution in [0.15, 0.2) is 0 Å². The van der Waals surface area contributed by atoms with Crippen LogP contribution in [0.1, 0.15) is 26.7 Å². The molecule has 0 saturated carbocycles. The van der Waals surface area contributed by atoms with Crippen molar-refractivity contribution < 1.29 is 28.5 Å². The second kappa shape index (κ2) is 12.8. The summed E-state index contributed by atoms with van der Waals surface area (Å²) < 4.78 is 20.0. The van der Waals surface area contributed by atoms with Crippen LogP contribution in [0.5, 0.6) is 0 Å². The molecule has 0 unspecified atom stereocenters. The third-order valence-electron chi connectivity index (χ3n) is 2.18. The zero-order chi connectivity index (χ0) is 15.2. The molecule has 0 aromatic rings. The molecule has 0 amide bonds. The van der Waals surface area contributed by atoms with Crippen LogP contribution < -0.4 is 5.73 Å². The van der Waals surface area contributed by atoms with E-state index in [0.717, 1.165) is 0 Å². The van der Waals surface area contributed by atoms with Crippen molar-refractivity contribution in [3.63, 3.8) is 0 Å². The van der Waals surface area contributed by atoms with Gasteiger partial charge in [-0.15, -0.1) is 0 Å². The quantitative estimate of drug-likeness (QED) is 0.406. The van der Waals surface area contributed by atoms with Crippen LogP contribution in [0.2, 0.25) is 0 Å². The van der Waals surface area contributed by atoms with E-state index >= 15 is 0 Å². The van der Waals surface area contributed by atoms with Gasteiger partial charge in [0.1, 0.15) is 0 Å². The molecule has 0 aliphatic heterocycles. The number of nitrogens with two attached hydrogens (primary N) is 1. The number of ether oxygens (including phenoxy) is 4. The third kappa shape index (κ3) is 11.9. The summed E-state index contributed by atoms with van der Waals surface area (Å²) in [6.07, 6.45) is 0.425. The summed E-state index contributed by atoms with van der Waals surface area (Å²) in [6.45, 7) is 5.37. The topological polar surface area (TPSA) is 97.1 Å². The summed E-state index contributed by atoms with van der Waals surface area (Å²) in [4.78, 5) is 22.0. The van der Waals surface area contributed by atoms with Crippen molar-refractivity contribution in [1.29, 1.82) is 0 Å². The first-order valence-corrected chi connectivity index (χ1v) is 6.82. The molecule has 20 heavy (non-hydrogen) atoms. The fourth-order valence-electron chi connectivity index (χ4n) is 1.29. The lowest BCUT2D eigenvalue weighted by Crippen LogP contribution is -2.32. The van der Waals surface area contributed by atoms with E-state index in [4.69, 9.17) is 24.7 Å². The predicted molar refractivity (Wildman–Crippen MR) is 72.1 cm³/mol. The molecule has 118 valence electrons. The second-order valence-electron chi connectivity index (χ2n) is 4.02. The summed E-state index contributed by atoms with van der Waals surface area (Å²) in [6, 6.07) is -0.292. The third-order valence-corrected chi connectivity index (χ3v) is 2.18. The van der Waals surface area contributed by atoms with E-state index in [2.05, 4.69) is 0 Å². The molecule has 0 saturated heterocycles. The highest BCUT2D eigenvalue weighted by atomic mass is 16.5. The first-order valence-electron chi connectivity index (χ1n) is 6.82. The van der Waals surface area contributed by atoms with Gasteiger partial charge < -0.3 is 24.7 Å². The largest absolute Gasteiger partial charge is 0.466 e. The van der Waals surface area contributed by atoms with Crippen molar-refractivity contribution in [3.05, 3.63) is 0 Å². The summed E-state index contributed by atoms with van der Waals surface area (Å²) in [5, 5.41) is 0. The van der Waals surface area contributed by atoms with E-state index < -0.39 is 0 Å². The van der Waals surface area contributed by atoms with E-state index in [1.165, 1.54) is 0 Å². The normalized spacial score (nSPS) is 10.6. The van der Waals surface area contributed by atoms with Crippen molar-refractivity contribution in [2.45, 2.75) is 32.7 Å². The monoisotopic (exact) mass is 291 g/mol. The molecule has 0 fully saturated rings. The molecule has 0 spiro atoms. The highest BCUT2D eigenvalue weighted by Gasteiger charge is 2.06. The van der Waals surface area contributed by atoms with Crippen LogP contribution >= 0.6 is 0 Å². The highest BCUT2D eigenvalue weighted by Crippen LogP contribution is 1.92. The Labute approximate surface area is 119 Å². The molecule has 7 nitrogen and oxygen atoms in total. The van der Waals surface area contributed by atoms with E-state index in [1.54, 1.807) is 13.8 Å². The van der Waals surface area contributed by atoms with Crippen LogP contribution in [0.3, 0.4) is 0 Å². The number of rotatable bonds is 12. The van der Waals surface area contributed by atoms with Gasteiger partial charge in [-0.25, -0.2) is 0 Å². The van der Waals surface area contributed by atoms with E-state index in [9.17, 15) is 9.59 Å². The lowest BCUT2D eigenvalue weighted by atomic mass is 10.3. The maximum Gasteiger partial charge on any atom is 0.308 e. The van der Waals surface area contributed by atoms with E-state index in [0.29, 0.717) is 26.4 Å². The minimum absolute atomic E-state index is 0.213. The lowest BCUT2D eigenvalue weighted by Gasteiger charge is -2.12. The van der Waals surface area contributed by atoms with Crippen LogP contribution in [-0.2, 0) is 28.5 Å². The summed E-state index contributed by atoms with van der Waals surface area (Å²) in [5.41, 5.74) is 5.74. The number of hydrogen-bond donors (Lipinski definition) is 1. The van der Waals surface area contributed by atoms with Gasteiger partial charge in [-0.2, -0.15) is 0 Å². The zero-order valence-corrected chi connectivity index (χ0v) is 12.3. The summed E-state index contributed by atoms with van der Waals surface area (Å²) in [7, 11) is 0. The average Bonchev–Trinajstić information content (AvgIpc) is 2.40. The molecule has 2 N–H and O–H groups in total. The van der Waals surface area contributed by atoms with E-state index in [-0.39, 0.29) is 44.0 Å². The molecule has 0 aliphatic carbocycles. The maximum absolute atomic E-state index is 11.0. The van der Waals surface area contributed by atoms with E-state index in [1.807, 2.05) is 0 Å². The molecule has 0 aliphatic rings. The van der Waals surface area contributed by atoms with Crippen LogP contribution in [0.4, 0.5) is 0 Å². The van der Waals surface area contributed by atoms with Crippen molar-refractivity contribution in [1.82, 2.24) is 0 Å². The van der Waals surface area contributed by atoms with Gasteiger partial charge >= 0.3 is 11.9 Å². The fourth-order valence-corrected chi connectivity index (χ4v) is 1.29. The Hall–Kier alpha value is -1.18. The average molecular weight is 291 g/mol. The van der Waals surface area contributed by atoms with Crippen molar-refractivity contribution in [3.8, 4) is 0 Å². The smallest absolute Gasteiger partial charge is 0.308 e. The number of carbonyl (C=O) groups is 2. The summed E-state index contributed by atoms with van der Waals surface area (Å²) in [5.74, 6) is -0.571. The minimum atomic E-state index is -0.292. The molecule has 0 heterocycles. The predicted octanol–water partition coefficient (Wildman–Crippen LogP) is 0.253. The van der Waals surface area contributed by atoms with Crippen molar-refractivity contribution in [2.24, 2.45) is 5.73 Å². The van der Waals surface area contributed by atoms with Gasteiger partial charge in [-0.1, -0.05) is 0 Å². The zero-order valence-electron chi connectivity index (χ0n) is 12.3. The van der Waals surface area contributed by atoms with Gasteiger partial charge in [0, 0.05) is 0 Å². The lowest BCUT2D eigenvalue weighted by molar-refractivity contribution is -0.145. The van der Waals surface area contributed by atoms with Gasteiger partial charge in [-0.3, -0.25) is 9.59 Å². The Morgan fingerprint density at radius 3 is 1.65 bits per heavy atom. The fraction of sp³-hybridized carbons (Fsp3) is 0.846. The van der Waals surface area contributed by atoms with Gasteiger partial charge in [0.15, 0.2) is 0 Å². The molecular formula is C13H25NO6.